The number of piperazine rings is 1. The van der Waals surface area contributed by atoms with Gasteiger partial charge < -0.3 is 9.73 Å². The maximum Gasteiger partial charge on any atom is 0.391 e. The van der Waals surface area contributed by atoms with Crippen molar-refractivity contribution in [2.75, 3.05) is 26.2 Å². The van der Waals surface area contributed by atoms with Crippen LogP contribution in [0.15, 0.2) is 16.5 Å². The van der Waals surface area contributed by atoms with Gasteiger partial charge in [-0.3, -0.25) is 4.90 Å². The molecule has 0 aliphatic carbocycles. The normalized spacial score (nSPS) is 20.0. The Balaban J connectivity index is 2.16. The predicted molar refractivity (Wildman–Crippen MR) is 61.6 cm³/mol. The van der Waals surface area contributed by atoms with Gasteiger partial charge in [0, 0.05) is 26.2 Å². The second kappa shape index (κ2) is 5.50. The number of hydrogen-bond acceptors (Lipinski definition) is 3. The lowest BCUT2D eigenvalue weighted by Gasteiger charge is -2.34. The van der Waals surface area contributed by atoms with Crippen molar-refractivity contribution in [2.45, 2.75) is 18.6 Å². The van der Waals surface area contributed by atoms with E-state index in [0.717, 1.165) is 0 Å². The molecule has 1 N–H and O–H groups in total. The molecule has 2 rings (SSSR count). The SMILES string of the molecule is FC(F)(F)C[C@@H](c1ccc(Cl)o1)N1CCNCC1. The van der Waals surface area contributed by atoms with Crippen molar-refractivity contribution in [1.82, 2.24) is 10.2 Å². The van der Waals surface area contributed by atoms with E-state index in [1.165, 1.54) is 12.1 Å². The molecule has 18 heavy (non-hydrogen) atoms. The van der Waals surface area contributed by atoms with Crippen LogP contribution in [0.4, 0.5) is 13.2 Å². The largest absolute Gasteiger partial charge is 0.448 e. The van der Waals surface area contributed by atoms with Crippen LogP contribution in [0.5, 0.6) is 0 Å². The quantitative estimate of drug-likeness (QED) is 0.924. The molecule has 1 fully saturated rings. The summed E-state index contributed by atoms with van der Waals surface area (Å²) in [7, 11) is 0. The lowest BCUT2D eigenvalue weighted by Crippen LogP contribution is -2.46. The van der Waals surface area contributed by atoms with Gasteiger partial charge in [0.2, 0.25) is 0 Å². The van der Waals surface area contributed by atoms with Crippen LogP contribution in [0.1, 0.15) is 18.2 Å². The van der Waals surface area contributed by atoms with Crippen molar-refractivity contribution in [2.24, 2.45) is 0 Å². The second-order valence-corrected chi connectivity index (χ2v) is 4.64. The number of halogens is 4. The average Bonchev–Trinajstić information content (AvgIpc) is 2.73. The van der Waals surface area contributed by atoms with Gasteiger partial charge in [-0.05, 0) is 23.7 Å². The van der Waals surface area contributed by atoms with Gasteiger partial charge in [-0.1, -0.05) is 0 Å². The summed E-state index contributed by atoms with van der Waals surface area (Å²) in [4.78, 5) is 1.78. The van der Waals surface area contributed by atoms with E-state index < -0.39 is 18.6 Å². The van der Waals surface area contributed by atoms with Gasteiger partial charge in [0.25, 0.3) is 0 Å². The van der Waals surface area contributed by atoms with E-state index in [4.69, 9.17) is 16.0 Å². The van der Waals surface area contributed by atoms with Crippen LogP contribution in [0, 0.1) is 0 Å². The molecule has 1 atom stereocenters. The molecular formula is C11H14ClF3N2O. The molecule has 102 valence electrons. The van der Waals surface area contributed by atoms with Gasteiger partial charge in [-0.2, -0.15) is 13.2 Å². The summed E-state index contributed by atoms with van der Waals surface area (Å²) < 4.78 is 43.1. The maximum absolute atomic E-state index is 12.6. The summed E-state index contributed by atoms with van der Waals surface area (Å²) in [6.07, 6.45) is -5.15. The zero-order valence-corrected chi connectivity index (χ0v) is 10.4. The van der Waals surface area contributed by atoms with Gasteiger partial charge in [-0.25, -0.2) is 0 Å². The van der Waals surface area contributed by atoms with E-state index in [9.17, 15) is 13.2 Å². The first-order valence-electron chi connectivity index (χ1n) is 5.72. The number of nitrogens with one attached hydrogen (secondary N) is 1. The molecule has 7 heteroatoms. The van der Waals surface area contributed by atoms with Gasteiger partial charge in [0.15, 0.2) is 5.22 Å². The third-order valence-electron chi connectivity index (χ3n) is 2.94. The Morgan fingerprint density at radius 3 is 2.50 bits per heavy atom. The first-order valence-corrected chi connectivity index (χ1v) is 6.10. The van der Waals surface area contributed by atoms with Crippen LogP contribution in [0.3, 0.4) is 0 Å². The molecule has 0 radical (unpaired) electrons. The molecule has 0 bridgehead atoms. The maximum atomic E-state index is 12.6. The van der Waals surface area contributed by atoms with Crippen LogP contribution in [-0.4, -0.2) is 37.3 Å². The minimum absolute atomic E-state index is 0.118. The molecule has 1 aromatic heterocycles. The van der Waals surface area contributed by atoms with Crippen molar-refractivity contribution in [3.05, 3.63) is 23.1 Å². The molecule has 2 heterocycles. The Labute approximate surface area is 108 Å². The molecule has 0 saturated carbocycles. The lowest BCUT2D eigenvalue weighted by atomic mass is 10.1. The smallest absolute Gasteiger partial charge is 0.391 e. The number of alkyl halides is 3. The second-order valence-electron chi connectivity index (χ2n) is 4.26. The number of nitrogens with zero attached hydrogens (tertiary/aromatic N) is 1. The van der Waals surface area contributed by atoms with E-state index in [0.29, 0.717) is 26.2 Å². The lowest BCUT2D eigenvalue weighted by molar-refractivity contribution is -0.150. The Hall–Kier alpha value is -0.720. The first-order chi connectivity index (χ1) is 8.46. The minimum atomic E-state index is -4.23. The van der Waals surface area contributed by atoms with Crippen molar-refractivity contribution < 1.29 is 17.6 Å². The Morgan fingerprint density at radius 1 is 1.33 bits per heavy atom. The summed E-state index contributed by atoms with van der Waals surface area (Å²) in [5, 5.41) is 3.23. The zero-order valence-electron chi connectivity index (χ0n) is 9.63. The highest BCUT2D eigenvalue weighted by atomic mass is 35.5. The number of furan rings is 1. The minimum Gasteiger partial charge on any atom is -0.448 e. The molecule has 1 aliphatic heterocycles. The highest BCUT2D eigenvalue weighted by molar-refractivity contribution is 6.28. The van der Waals surface area contributed by atoms with Crippen molar-refractivity contribution in [3.8, 4) is 0 Å². The summed E-state index contributed by atoms with van der Waals surface area (Å²) in [5.74, 6) is 0.277. The summed E-state index contributed by atoms with van der Waals surface area (Å²) in [6.45, 7) is 2.50. The van der Waals surface area contributed by atoms with Crippen LogP contribution in [0.2, 0.25) is 5.22 Å². The van der Waals surface area contributed by atoms with E-state index in [1.54, 1.807) is 4.90 Å². The monoisotopic (exact) mass is 282 g/mol. The Morgan fingerprint density at radius 2 is 2.00 bits per heavy atom. The Bertz CT molecular complexity index is 388. The molecular weight excluding hydrogens is 269 g/mol. The highest BCUT2D eigenvalue weighted by Gasteiger charge is 2.37. The fraction of sp³-hybridized carbons (Fsp3) is 0.636. The molecule has 0 unspecified atom stereocenters. The topological polar surface area (TPSA) is 28.4 Å². The van der Waals surface area contributed by atoms with Gasteiger partial charge in [0.05, 0.1) is 12.5 Å². The van der Waals surface area contributed by atoms with Gasteiger partial charge in [0.1, 0.15) is 5.76 Å². The van der Waals surface area contributed by atoms with Gasteiger partial charge in [-0.15, -0.1) is 0 Å². The summed E-state index contributed by atoms with van der Waals surface area (Å²) in [5.41, 5.74) is 0. The van der Waals surface area contributed by atoms with E-state index in [2.05, 4.69) is 5.32 Å². The highest BCUT2D eigenvalue weighted by Crippen LogP contribution is 2.35. The standard InChI is InChI=1S/C11H14ClF3N2O/c12-10-2-1-9(18-10)8(7-11(13,14)15)17-5-3-16-4-6-17/h1-2,8,16H,3-7H2/t8-/m0/s1. The van der Waals surface area contributed by atoms with Crippen molar-refractivity contribution in [3.63, 3.8) is 0 Å². The molecule has 1 aliphatic rings. The predicted octanol–water partition coefficient (Wildman–Crippen LogP) is 2.83. The molecule has 0 spiro atoms. The first kappa shape index (κ1) is 13.7. The summed E-state index contributed by atoms with van der Waals surface area (Å²) in [6, 6.07) is 2.20. The van der Waals surface area contributed by atoms with Crippen LogP contribution >= 0.6 is 11.6 Å². The van der Waals surface area contributed by atoms with Gasteiger partial charge >= 0.3 is 6.18 Å². The van der Waals surface area contributed by atoms with Crippen LogP contribution in [0.25, 0.3) is 0 Å². The molecule has 0 amide bonds. The van der Waals surface area contributed by atoms with Crippen molar-refractivity contribution in [1.29, 1.82) is 0 Å². The molecule has 1 saturated heterocycles. The average molecular weight is 283 g/mol. The van der Waals surface area contributed by atoms with Crippen molar-refractivity contribution >= 4 is 11.6 Å². The summed E-state index contributed by atoms with van der Waals surface area (Å²) >= 11 is 5.64. The van der Waals surface area contributed by atoms with E-state index >= 15 is 0 Å². The molecule has 0 aromatic carbocycles. The third kappa shape index (κ3) is 3.63. The third-order valence-corrected chi connectivity index (χ3v) is 3.14. The Kier molecular flexibility index (Phi) is 4.19. The van der Waals surface area contributed by atoms with Crippen LogP contribution < -0.4 is 5.32 Å². The van der Waals surface area contributed by atoms with E-state index in [-0.39, 0.29) is 11.0 Å². The zero-order chi connectivity index (χ0) is 13.2. The van der Waals surface area contributed by atoms with E-state index in [1.807, 2.05) is 0 Å². The number of hydrogen-bond donors (Lipinski definition) is 1. The van der Waals surface area contributed by atoms with Crippen LogP contribution in [-0.2, 0) is 0 Å². The molecule has 3 nitrogen and oxygen atoms in total. The number of rotatable bonds is 3. The fourth-order valence-electron chi connectivity index (χ4n) is 2.13. The molecule has 1 aromatic rings. The fourth-order valence-corrected chi connectivity index (χ4v) is 2.28.